The summed E-state index contributed by atoms with van der Waals surface area (Å²) in [6, 6.07) is -0.477. The minimum Gasteiger partial charge on any atom is -0.478 e. The first-order valence-corrected chi connectivity index (χ1v) is 8.02. The van der Waals surface area contributed by atoms with E-state index in [4.69, 9.17) is 5.11 Å². The molecule has 1 amide bonds. The third-order valence-corrected chi connectivity index (χ3v) is 5.04. The Balaban J connectivity index is 2.90. The maximum atomic E-state index is 12.0. The molecular formula is C12H19NO5S. The summed E-state index contributed by atoms with van der Waals surface area (Å²) < 4.78 is 23.0. The maximum absolute atomic E-state index is 12.0. The fourth-order valence-corrected chi connectivity index (χ4v) is 3.89. The van der Waals surface area contributed by atoms with Crippen LogP contribution in [0.4, 0.5) is 0 Å². The molecule has 1 saturated heterocycles. The lowest BCUT2D eigenvalue weighted by Gasteiger charge is -2.32. The average Bonchev–Trinajstić information content (AvgIpc) is 2.66. The molecule has 1 rings (SSSR count). The van der Waals surface area contributed by atoms with Crippen LogP contribution in [0, 0.1) is 0 Å². The summed E-state index contributed by atoms with van der Waals surface area (Å²) in [6.07, 6.45) is 2.86. The minimum absolute atomic E-state index is 0.0377. The molecule has 0 radical (unpaired) electrons. The smallest absolute Gasteiger partial charge is 0.328 e. The van der Waals surface area contributed by atoms with Gasteiger partial charge in [-0.05, 0) is 19.8 Å². The van der Waals surface area contributed by atoms with Gasteiger partial charge in [0.25, 0.3) is 0 Å². The van der Waals surface area contributed by atoms with E-state index in [0.717, 1.165) is 12.2 Å². The standard InChI is InChI=1S/C12H19NO5S/c1-3-9(2)13(11(14)4-5-12(15)16)10-6-7-19(17,18)8-10/h4-5,9-10H,3,6-8H2,1-2H3,(H,15,16). The molecule has 108 valence electrons. The van der Waals surface area contributed by atoms with E-state index in [0.29, 0.717) is 12.8 Å². The lowest BCUT2D eigenvalue weighted by Crippen LogP contribution is -2.45. The molecule has 7 heteroatoms. The van der Waals surface area contributed by atoms with Gasteiger partial charge in [-0.2, -0.15) is 0 Å². The van der Waals surface area contributed by atoms with Gasteiger partial charge in [-0.25, -0.2) is 13.2 Å². The van der Waals surface area contributed by atoms with Crippen LogP contribution in [0.25, 0.3) is 0 Å². The Kier molecular flexibility index (Phi) is 5.11. The molecule has 0 aromatic carbocycles. The number of amides is 1. The molecule has 1 N–H and O–H groups in total. The Morgan fingerprint density at radius 3 is 2.47 bits per heavy atom. The number of sulfone groups is 1. The molecule has 19 heavy (non-hydrogen) atoms. The van der Waals surface area contributed by atoms with Crippen LogP contribution in [0.2, 0.25) is 0 Å². The highest BCUT2D eigenvalue weighted by Crippen LogP contribution is 2.21. The zero-order valence-corrected chi connectivity index (χ0v) is 11.9. The number of aliphatic carboxylic acids is 1. The van der Waals surface area contributed by atoms with Crippen LogP contribution in [0.3, 0.4) is 0 Å². The molecule has 0 bridgehead atoms. The average molecular weight is 289 g/mol. The first-order valence-electron chi connectivity index (χ1n) is 6.20. The van der Waals surface area contributed by atoms with Crippen molar-refractivity contribution in [3.63, 3.8) is 0 Å². The van der Waals surface area contributed by atoms with Crippen molar-refractivity contribution in [2.45, 2.75) is 38.8 Å². The summed E-state index contributed by atoms with van der Waals surface area (Å²) in [5.41, 5.74) is 0. The van der Waals surface area contributed by atoms with E-state index >= 15 is 0 Å². The van der Waals surface area contributed by atoms with Crippen LogP contribution in [-0.4, -0.2) is 53.9 Å². The highest BCUT2D eigenvalue weighted by molar-refractivity contribution is 7.91. The molecule has 0 saturated carbocycles. The first kappa shape index (κ1) is 15.7. The van der Waals surface area contributed by atoms with E-state index in [1.54, 1.807) is 0 Å². The summed E-state index contributed by atoms with van der Waals surface area (Å²) in [4.78, 5) is 24.0. The van der Waals surface area contributed by atoms with Crippen molar-refractivity contribution in [3.05, 3.63) is 12.2 Å². The molecule has 0 spiro atoms. The maximum Gasteiger partial charge on any atom is 0.328 e. The van der Waals surface area contributed by atoms with Gasteiger partial charge in [0.15, 0.2) is 9.84 Å². The van der Waals surface area contributed by atoms with Crippen molar-refractivity contribution in [1.82, 2.24) is 4.90 Å². The van der Waals surface area contributed by atoms with Gasteiger partial charge in [-0.1, -0.05) is 6.92 Å². The number of nitrogens with zero attached hydrogens (tertiary/aromatic N) is 1. The molecule has 0 aromatic heterocycles. The fraction of sp³-hybridized carbons (Fsp3) is 0.667. The number of carboxylic acid groups (broad SMARTS) is 1. The van der Waals surface area contributed by atoms with Crippen LogP contribution in [-0.2, 0) is 19.4 Å². The topological polar surface area (TPSA) is 91.8 Å². The quantitative estimate of drug-likeness (QED) is 0.742. The van der Waals surface area contributed by atoms with E-state index in [9.17, 15) is 18.0 Å². The van der Waals surface area contributed by atoms with Crippen molar-refractivity contribution in [1.29, 1.82) is 0 Å². The van der Waals surface area contributed by atoms with Crippen LogP contribution in [0.5, 0.6) is 0 Å². The summed E-state index contributed by atoms with van der Waals surface area (Å²) in [7, 11) is -3.08. The Hall–Kier alpha value is -1.37. The summed E-state index contributed by atoms with van der Waals surface area (Å²) in [6.45, 7) is 3.73. The third kappa shape index (κ3) is 4.34. The molecule has 1 heterocycles. The predicted molar refractivity (Wildman–Crippen MR) is 70.4 cm³/mol. The second-order valence-electron chi connectivity index (χ2n) is 4.73. The van der Waals surface area contributed by atoms with Gasteiger partial charge in [0, 0.05) is 24.2 Å². The number of carboxylic acids is 1. The Bertz CT molecular complexity index is 482. The van der Waals surface area contributed by atoms with Crippen LogP contribution < -0.4 is 0 Å². The van der Waals surface area contributed by atoms with Crippen molar-refractivity contribution in [2.24, 2.45) is 0 Å². The summed E-state index contributed by atoms with van der Waals surface area (Å²) in [5.74, 6) is -1.60. The van der Waals surface area contributed by atoms with E-state index in [1.807, 2.05) is 13.8 Å². The van der Waals surface area contributed by atoms with Crippen molar-refractivity contribution >= 4 is 21.7 Å². The van der Waals surface area contributed by atoms with Gasteiger partial charge in [-0.15, -0.1) is 0 Å². The molecule has 6 nitrogen and oxygen atoms in total. The zero-order valence-electron chi connectivity index (χ0n) is 11.1. The van der Waals surface area contributed by atoms with Gasteiger partial charge in [0.1, 0.15) is 0 Å². The van der Waals surface area contributed by atoms with Crippen molar-refractivity contribution in [2.75, 3.05) is 11.5 Å². The minimum atomic E-state index is -3.08. The zero-order chi connectivity index (χ0) is 14.6. The highest BCUT2D eigenvalue weighted by atomic mass is 32.2. The largest absolute Gasteiger partial charge is 0.478 e. The number of carbonyl (C=O) groups excluding carboxylic acids is 1. The summed E-state index contributed by atoms with van der Waals surface area (Å²) >= 11 is 0. The molecule has 2 unspecified atom stereocenters. The van der Waals surface area contributed by atoms with Crippen LogP contribution >= 0.6 is 0 Å². The number of carbonyl (C=O) groups is 2. The Morgan fingerprint density at radius 1 is 1.42 bits per heavy atom. The summed E-state index contributed by atoms with van der Waals surface area (Å²) in [5, 5.41) is 8.53. The number of hydrogen-bond donors (Lipinski definition) is 1. The van der Waals surface area contributed by atoms with Gasteiger partial charge in [0.2, 0.25) is 5.91 Å². The van der Waals surface area contributed by atoms with Crippen molar-refractivity contribution in [3.8, 4) is 0 Å². The second-order valence-corrected chi connectivity index (χ2v) is 6.96. The molecule has 1 fully saturated rings. The lowest BCUT2D eigenvalue weighted by molar-refractivity contribution is -0.133. The predicted octanol–water partition coefficient (Wildman–Crippen LogP) is 0.441. The molecule has 1 aliphatic heterocycles. The molecule has 2 atom stereocenters. The van der Waals surface area contributed by atoms with E-state index in [2.05, 4.69) is 0 Å². The molecule has 0 aromatic rings. The molecule has 1 aliphatic rings. The van der Waals surface area contributed by atoms with Gasteiger partial charge in [-0.3, -0.25) is 4.79 Å². The highest BCUT2D eigenvalue weighted by Gasteiger charge is 2.35. The number of hydrogen-bond acceptors (Lipinski definition) is 4. The monoisotopic (exact) mass is 289 g/mol. The van der Waals surface area contributed by atoms with E-state index in [1.165, 1.54) is 4.90 Å². The first-order chi connectivity index (χ1) is 8.76. The molecule has 0 aliphatic carbocycles. The van der Waals surface area contributed by atoms with Crippen LogP contribution in [0.15, 0.2) is 12.2 Å². The van der Waals surface area contributed by atoms with Gasteiger partial charge >= 0.3 is 5.97 Å². The molecular weight excluding hydrogens is 270 g/mol. The Morgan fingerprint density at radius 2 is 2.05 bits per heavy atom. The second kappa shape index (κ2) is 6.18. The lowest BCUT2D eigenvalue weighted by atomic mass is 10.1. The normalized spacial score (nSPS) is 23.4. The van der Waals surface area contributed by atoms with E-state index in [-0.39, 0.29) is 23.6 Å². The SMILES string of the molecule is CCC(C)N(C(=O)C=CC(=O)O)C1CCS(=O)(=O)C1. The van der Waals surface area contributed by atoms with Gasteiger partial charge < -0.3 is 10.0 Å². The third-order valence-electron chi connectivity index (χ3n) is 3.29. The van der Waals surface area contributed by atoms with Crippen molar-refractivity contribution < 1.29 is 23.1 Å². The number of rotatable bonds is 5. The van der Waals surface area contributed by atoms with Crippen LogP contribution in [0.1, 0.15) is 26.7 Å². The van der Waals surface area contributed by atoms with E-state index < -0.39 is 21.7 Å². The Labute approximate surface area is 113 Å². The fourth-order valence-electron chi connectivity index (χ4n) is 2.18. The van der Waals surface area contributed by atoms with Gasteiger partial charge in [0.05, 0.1) is 11.5 Å².